The molecule has 1 aliphatic heterocycles. The molecule has 2 aromatic rings. The monoisotopic (exact) mass is 549 g/mol. The van der Waals surface area contributed by atoms with Crippen molar-refractivity contribution in [2.45, 2.75) is 19.0 Å². The number of hydrogen-bond acceptors (Lipinski definition) is 3. The summed E-state index contributed by atoms with van der Waals surface area (Å²) >= 11 is 9.29. The maximum Gasteiger partial charge on any atom is 0.191 e. The highest BCUT2D eigenvalue weighted by molar-refractivity contribution is 14.0. The summed E-state index contributed by atoms with van der Waals surface area (Å²) < 4.78 is 1.10. The van der Waals surface area contributed by atoms with Crippen LogP contribution in [0.25, 0.3) is 0 Å². The van der Waals surface area contributed by atoms with Gasteiger partial charge in [-0.05, 0) is 42.3 Å². The van der Waals surface area contributed by atoms with Crippen molar-refractivity contribution in [2.75, 3.05) is 25.0 Å². The number of anilines is 1. The number of aliphatic imine (C=N–C) groups is 1. The van der Waals surface area contributed by atoms with Gasteiger partial charge in [-0.2, -0.15) is 0 Å². The molecule has 2 heterocycles. The second kappa shape index (κ2) is 10.3. The number of guanidine groups is 1. The average molecular weight is 551 g/mol. The van der Waals surface area contributed by atoms with Gasteiger partial charge in [-0.1, -0.05) is 33.6 Å². The third-order valence-corrected chi connectivity index (χ3v) is 4.95. The summed E-state index contributed by atoms with van der Waals surface area (Å²) in [4.78, 5) is 10.8. The summed E-state index contributed by atoms with van der Waals surface area (Å²) in [6, 6.07) is 12.6. The molecule has 1 saturated heterocycles. The summed E-state index contributed by atoms with van der Waals surface area (Å²) in [5.74, 6) is 0.803. The van der Waals surface area contributed by atoms with E-state index in [-0.39, 0.29) is 24.0 Å². The summed E-state index contributed by atoms with van der Waals surface area (Å²) in [6.45, 7) is 2.66. The van der Waals surface area contributed by atoms with Crippen LogP contribution in [0, 0.1) is 0 Å². The van der Waals surface area contributed by atoms with Crippen LogP contribution in [-0.2, 0) is 6.54 Å². The largest absolute Gasteiger partial charge is 0.369 e. The van der Waals surface area contributed by atoms with Crippen LogP contribution in [0.1, 0.15) is 12.0 Å². The Labute approximate surface area is 184 Å². The number of rotatable bonds is 4. The van der Waals surface area contributed by atoms with Gasteiger partial charge in [-0.15, -0.1) is 24.0 Å². The molecular weight excluding hydrogens is 528 g/mol. The van der Waals surface area contributed by atoms with Crippen LogP contribution >= 0.6 is 51.5 Å². The molecule has 5 nitrogen and oxygen atoms in total. The number of hydrogen-bond donors (Lipinski definition) is 2. The number of nitrogens with one attached hydrogen (secondary N) is 2. The minimum absolute atomic E-state index is 0. The van der Waals surface area contributed by atoms with Crippen molar-refractivity contribution in [1.82, 2.24) is 15.6 Å². The highest BCUT2D eigenvalue weighted by Gasteiger charge is 2.23. The van der Waals surface area contributed by atoms with Gasteiger partial charge in [-0.3, -0.25) is 4.99 Å². The normalized spacial score (nSPS) is 17.0. The standard InChI is InChI=1S/C18H21BrClN5.HI/c1-21-18(23-11-13-2-7-17(20)22-10-13)24-15-8-9-25(12-15)16-5-3-14(19)4-6-16;/h2-7,10,15H,8-9,11-12H2,1H3,(H2,21,23,24);1H. The molecule has 1 unspecified atom stereocenters. The van der Waals surface area contributed by atoms with Crippen LogP contribution in [0.2, 0.25) is 5.15 Å². The first-order valence-electron chi connectivity index (χ1n) is 8.22. The van der Waals surface area contributed by atoms with E-state index in [2.05, 4.69) is 65.7 Å². The highest BCUT2D eigenvalue weighted by atomic mass is 127. The molecule has 140 valence electrons. The average Bonchev–Trinajstić information content (AvgIpc) is 3.09. The molecule has 1 aromatic carbocycles. The fourth-order valence-electron chi connectivity index (χ4n) is 2.85. The third-order valence-electron chi connectivity index (χ3n) is 4.19. The van der Waals surface area contributed by atoms with Gasteiger partial charge in [0.1, 0.15) is 5.15 Å². The molecule has 1 fully saturated rings. The molecule has 3 rings (SSSR count). The van der Waals surface area contributed by atoms with E-state index in [1.165, 1.54) is 5.69 Å². The third kappa shape index (κ3) is 5.99. The topological polar surface area (TPSA) is 52.6 Å². The lowest BCUT2D eigenvalue weighted by Gasteiger charge is -2.20. The van der Waals surface area contributed by atoms with Gasteiger partial charge < -0.3 is 15.5 Å². The van der Waals surface area contributed by atoms with E-state index >= 15 is 0 Å². The van der Waals surface area contributed by atoms with E-state index in [1.807, 2.05) is 6.07 Å². The summed E-state index contributed by atoms with van der Waals surface area (Å²) in [7, 11) is 1.79. The minimum Gasteiger partial charge on any atom is -0.369 e. The van der Waals surface area contributed by atoms with Crippen LogP contribution in [-0.4, -0.2) is 37.1 Å². The number of benzene rings is 1. The molecule has 1 aromatic heterocycles. The molecule has 0 aliphatic carbocycles. The Morgan fingerprint density at radius 2 is 2.08 bits per heavy atom. The molecule has 2 N–H and O–H groups in total. The quantitative estimate of drug-likeness (QED) is 0.261. The van der Waals surface area contributed by atoms with Gasteiger partial charge in [-0.25, -0.2) is 4.98 Å². The van der Waals surface area contributed by atoms with Gasteiger partial charge >= 0.3 is 0 Å². The lowest BCUT2D eigenvalue weighted by Crippen LogP contribution is -2.44. The number of aromatic nitrogens is 1. The fraction of sp³-hybridized carbons (Fsp3) is 0.333. The van der Waals surface area contributed by atoms with Crippen LogP contribution in [0.3, 0.4) is 0 Å². The number of nitrogens with zero attached hydrogens (tertiary/aromatic N) is 3. The number of halogens is 3. The first kappa shape index (κ1) is 21.2. The van der Waals surface area contributed by atoms with Crippen molar-refractivity contribution in [1.29, 1.82) is 0 Å². The van der Waals surface area contributed by atoms with E-state index in [9.17, 15) is 0 Å². The molecule has 0 spiro atoms. The first-order chi connectivity index (χ1) is 12.1. The van der Waals surface area contributed by atoms with Crippen molar-refractivity contribution in [3.63, 3.8) is 0 Å². The highest BCUT2D eigenvalue weighted by Crippen LogP contribution is 2.22. The molecule has 0 radical (unpaired) electrons. The molecule has 8 heteroatoms. The second-order valence-corrected chi connectivity index (χ2v) is 7.27. The predicted octanol–water partition coefficient (Wildman–Crippen LogP) is 4.06. The van der Waals surface area contributed by atoms with Crippen molar-refractivity contribution in [3.8, 4) is 0 Å². The van der Waals surface area contributed by atoms with Gasteiger partial charge in [0, 0.05) is 49.1 Å². The number of pyridine rings is 1. The molecule has 0 saturated carbocycles. The van der Waals surface area contributed by atoms with Gasteiger partial charge in [0.25, 0.3) is 0 Å². The zero-order valence-corrected chi connectivity index (χ0v) is 19.1. The van der Waals surface area contributed by atoms with Crippen LogP contribution < -0.4 is 15.5 Å². The SMILES string of the molecule is CN=C(NCc1ccc(Cl)nc1)NC1CCN(c2ccc(Br)cc2)C1.I. The van der Waals surface area contributed by atoms with E-state index in [1.54, 1.807) is 19.3 Å². The lowest BCUT2D eigenvalue weighted by molar-refractivity contribution is 0.648. The maximum atomic E-state index is 5.81. The van der Waals surface area contributed by atoms with Crippen molar-refractivity contribution >= 4 is 63.2 Å². The van der Waals surface area contributed by atoms with Crippen LogP contribution in [0.5, 0.6) is 0 Å². The summed E-state index contributed by atoms with van der Waals surface area (Å²) in [6.07, 6.45) is 2.85. The van der Waals surface area contributed by atoms with E-state index < -0.39 is 0 Å². The van der Waals surface area contributed by atoms with Crippen LogP contribution in [0.4, 0.5) is 5.69 Å². The van der Waals surface area contributed by atoms with E-state index in [0.29, 0.717) is 17.7 Å². The first-order valence-corrected chi connectivity index (χ1v) is 9.39. The summed E-state index contributed by atoms with van der Waals surface area (Å²) in [5, 5.41) is 7.33. The maximum absolute atomic E-state index is 5.81. The molecular formula is C18H22BrClIN5. The van der Waals surface area contributed by atoms with Crippen LogP contribution in [0.15, 0.2) is 52.1 Å². The molecule has 0 amide bonds. The van der Waals surface area contributed by atoms with Crippen molar-refractivity contribution in [3.05, 3.63) is 57.8 Å². The molecule has 26 heavy (non-hydrogen) atoms. The van der Waals surface area contributed by atoms with E-state index in [4.69, 9.17) is 11.6 Å². The van der Waals surface area contributed by atoms with Gasteiger partial charge in [0.15, 0.2) is 5.96 Å². The predicted molar refractivity (Wildman–Crippen MR) is 123 cm³/mol. The zero-order valence-electron chi connectivity index (χ0n) is 14.5. The van der Waals surface area contributed by atoms with Gasteiger partial charge in [0.2, 0.25) is 0 Å². The Bertz CT molecular complexity index is 723. The second-order valence-electron chi connectivity index (χ2n) is 5.97. The molecule has 1 atom stereocenters. The minimum atomic E-state index is 0. The Morgan fingerprint density at radius 3 is 2.73 bits per heavy atom. The molecule has 1 aliphatic rings. The summed E-state index contributed by atoms with van der Waals surface area (Å²) in [5.41, 5.74) is 2.32. The Kier molecular flexibility index (Phi) is 8.43. The fourth-order valence-corrected chi connectivity index (χ4v) is 3.23. The van der Waals surface area contributed by atoms with Crippen molar-refractivity contribution < 1.29 is 0 Å². The van der Waals surface area contributed by atoms with Crippen molar-refractivity contribution in [2.24, 2.45) is 4.99 Å². The Morgan fingerprint density at radius 1 is 1.31 bits per heavy atom. The van der Waals surface area contributed by atoms with Gasteiger partial charge in [0.05, 0.1) is 0 Å². The lowest BCUT2D eigenvalue weighted by atomic mass is 10.2. The smallest absolute Gasteiger partial charge is 0.191 e. The molecule has 0 bridgehead atoms. The van der Waals surface area contributed by atoms with E-state index in [0.717, 1.165) is 35.5 Å². The Balaban J connectivity index is 0.00000243. The Hall–Kier alpha value is -1.06. The zero-order chi connectivity index (χ0) is 17.6.